The van der Waals surface area contributed by atoms with Crippen LogP contribution in [0.4, 0.5) is 13.6 Å². The third-order valence-corrected chi connectivity index (χ3v) is 6.27. The zero-order chi connectivity index (χ0) is 23.8. The minimum atomic E-state index is -3.52. The molecule has 9 heteroatoms. The van der Waals surface area contributed by atoms with Crippen molar-refractivity contribution in [3.63, 3.8) is 0 Å². The van der Waals surface area contributed by atoms with Gasteiger partial charge in [0.1, 0.15) is 18.6 Å². The first-order chi connectivity index (χ1) is 15.7. The lowest BCUT2D eigenvalue weighted by atomic mass is 9.98. The van der Waals surface area contributed by atoms with Gasteiger partial charge in [0.05, 0.1) is 6.54 Å². The summed E-state index contributed by atoms with van der Waals surface area (Å²) in [6.07, 6.45) is -0.694. The van der Waals surface area contributed by atoms with E-state index in [1.54, 1.807) is 6.92 Å². The predicted molar refractivity (Wildman–Crippen MR) is 115 cm³/mol. The summed E-state index contributed by atoms with van der Waals surface area (Å²) in [6, 6.07) is 14.6. The van der Waals surface area contributed by atoms with Crippen LogP contribution in [0, 0.1) is 5.92 Å². The Morgan fingerprint density at radius 2 is 1.70 bits per heavy atom. The van der Waals surface area contributed by atoms with E-state index in [2.05, 4.69) is 5.32 Å². The topological polar surface area (TPSA) is 95.9 Å². The molecule has 0 radical (unpaired) electrons. The number of nitrogens with one attached hydrogen (secondary N) is 1. The normalized spacial score (nSPS) is 19.5. The second-order valence-corrected chi connectivity index (χ2v) is 8.30. The second kappa shape index (κ2) is 8.80. The van der Waals surface area contributed by atoms with Crippen molar-refractivity contribution in [1.29, 1.82) is 0 Å². The average molecular weight is 458 g/mol. The molecule has 2 N–H and O–H groups in total. The summed E-state index contributed by atoms with van der Waals surface area (Å²) >= 11 is 0. The molecule has 7 nitrogen and oxygen atoms in total. The van der Waals surface area contributed by atoms with Gasteiger partial charge in [-0.15, -0.1) is 0 Å². The smallest absolute Gasteiger partial charge is 0.407 e. The van der Waals surface area contributed by atoms with Crippen LogP contribution in [0.25, 0.3) is 11.1 Å². The molecule has 1 unspecified atom stereocenters. The number of hydrogen-bond donors (Lipinski definition) is 2. The first kappa shape index (κ1) is 22.7. The Kier molecular flexibility index (Phi) is 6.05. The Bertz CT molecular complexity index is 1040. The van der Waals surface area contributed by atoms with Crippen molar-refractivity contribution >= 4 is 18.0 Å². The Morgan fingerprint density at radius 1 is 1.12 bits per heavy atom. The molecule has 1 aliphatic carbocycles. The van der Waals surface area contributed by atoms with Crippen molar-refractivity contribution in [3.05, 3.63) is 59.7 Å². The summed E-state index contributed by atoms with van der Waals surface area (Å²) in [5.74, 6) is -8.06. The van der Waals surface area contributed by atoms with Crippen LogP contribution in [0.2, 0.25) is 0 Å². The summed E-state index contributed by atoms with van der Waals surface area (Å²) < 4.78 is 33.3. The largest absolute Gasteiger partial charge is 0.481 e. The number of carbonyl (C=O) groups excluding carboxylic acids is 2. The molecule has 0 aromatic heterocycles. The van der Waals surface area contributed by atoms with Gasteiger partial charge in [0.15, 0.2) is 0 Å². The summed E-state index contributed by atoms with van der Waals surface area (Å²) in [4.78, 5) is 37.0. The first-order valence-electron chi connectivity index (χ1n) is 10.7. The van der Waals surface area contributed by atoms with E-state index in [0.717, 1.165) is 27.2 Å². The molecular weight excluding hydrogens is 434 g/mol. The maximum atomic E-state index is 13.9. The first-order valence-corrected chi connectivity index (χ1v) is 10.7. The number of carbonyl (C=O) groups is 3. The minimum Gasteiger partial charge on any atom is -0.481 e. The standard InChI is InChI=1S/C24H24F2N2O5/c1-2-20(21(29)28-11-19(22(30)31)24(25,26)13-28)27-23(32)33-12-18-16-9-5-3-7-14(16)15-8-4-6-10-17(15)18/h3-10,18-20H,2,11-13H2,1H3,(H,27,32)(H,30,31)/t19?,20-/m1/s1. The van der Waals surface area contributed by atoms with Crippen molar-refractivity contribution in [1.82, 2.24) is 10.2 Å². The van der Waals surface area contributed by atoms with Gasteiger partial charge in [0.2, 0.25) is 5.91 Å². The van der Waals surface area contributed by atoms with E-state index in [4.69, 9.17) is 9.84 Å². The fraction of sp³-hybridized carbons (Fsp3) is 0.375. The lowest BCUT2D eigenvalue weighted by molar-refractivity contribution is -0.151. The number of halogens is 2. The van der Waals surface area contributed by atoms with Gasteiger partial charge in [-0.1, -0.05) is 55.5 Å². The quantitative estimate of drug-likeness (QED) is 0.691. The van der Waals surface area contributed by atoms with E-state index in [9.17, 15) is 23.2 Å². The number of alkyl carbamates (subject to hydrolysis) is 1. The third-order valence-electron chi connectivity index (χ3n) is 6.27. The fourth-order valence-electron chi connectivity index (χ4n) is 4.55. The molecule has 2 aromatic rings. The Hall–Kier alpha value is -3.49. The number of aliphatic carboxylic acids is 1. The highest BCUT2D eigenvalue weighted by Crippen LogP contribution is 2.44. The van der Waals surface area contributed by atoms with Gasteiger partial charge < -0.3 is 20.1 Å². The van der Waals surface area contributed by atoms with Crippen LogP contribution in [0.15, 0.2) is 48.5 Å². The van der Waals surface area contributed by atoms with Gasteiger partial charge in [-0.25, -0.2) is 13.6 Å². The molecule has 0 bridgehead atoms. The molecular formula is C24H24F2N2O5. The molecule has 2 aliphatic rings. The zero-order valence-corrected chi connectivity index (χ0v) is 18.0. The summed E-state index contributed by atoms with van der Waals surface area (Å²) in [7, 11) is 0. The van der Waals surface area contributed by atoms with Crippen molar-refractivity contribution in [2.45, 2.75) is 31.2 Å². The minimum absolute atomic E-state index is 0.0490. The summed E-state index contributed by atoms with van der Waals surface area (Å²) in [5, 5.41) is 11.4. The number of carboxylic acid groups (broad SMARTS) is 1. The van der Waals surface area contributed by atoms with E-state index in [1.165, 1.54) is 0 Å². The molecule has 1 heterocycles. The number of likely N-dealkylation sites (tertiary alicyclic amines) is 1. The second-order valence-electron chi connectivity index (χ2n) is 8.30. The van der Waals surface area contributed by atoms with Crippen LogP contribution in [0.1, 0.15) is 30.4 Å². The molecule has 1 fully saturated rings. The van der Waals surface area contributed by atoms with Gasteiger partial charge in [-0.05, 0) is 28.7 Å². The van der Waals surface area contributed by atoms with Crippen LogP contribution < -0.4 is 5.32 Å². The van der Waals surface area contributed by atoms with Gasteiger partial charge in [0.25, 0.3) is 5.92 Å². The molecule has 33 heavy (non-hydrogen) atoms. The monoisotopic (exact) mass is 458 g/mol. The maximum Gasteiger partial charge on any atom is 0.407 e. The third kappa shape index (κ3) is 4.27. The molecule has 1 aliphatic heterocycles. The number of fused-ring (bicyclic) bond motifs is 3. The molecule has 174 valence electrons. The van der Waals surface area contributed by atoms with E-state index in [-0.39, 0.29) is 18.9 Å². The molecule has 0 saturated carbocycles. The van der Waals surface area contributed by atoms with Crippen LogP contribution >= 0.6 is 0 Å². The number of nitrogens with zero attached hydrogens (tertiary/aromatic N) is 1. The van der Waals surface area contributed by atoms with Gasteiger partial charge in [-0.3, -0.25) is 9.59 Å². The Morgan fingerprint density at radius 3 is 2.21 bits per heavy atom. The lowest BCUT2D eigenvalue weighted by Crippen LogP contribution is -2.48. The highest BCUT2D eigenvalue weighted by molar-refractivity contribution is 5.87. The van der Waals surface area contributed by atoms with Gasteiger partial charge in [-0.2, -0.15) is 0 Å². The Labute approximate surface area is 189 Å². The molecule has 0 spiro atoms. The van der Waals surface area contributed by atoms with E-state index in [1.807, 2.05) is 48.5 Å². The van der Waals surface area contributed by atoms with Gasteiger partial charge in [0, 0.05) is 12.5 Å². The lowest BCUT2D eigenvalue weighted by Gasteiger charge is -2.23. The number of carboxylic acids is 1. The predicted octanol–water partition coefficient (Wildman–Crippen LogP) is 3.48. The molecule has 2 atom stereocenters. The SMILES string of the molecule is CC[C@@H](NC(=O)OCC1c2ccccc2-c2ccccc21)C(=O)N1CC(C(=O)O)C(F)(F)C1. The van der Waals surface area contributed by atoms with Crippen molar-refractivity contribution in [3.8, 4) is 11.1 Å². The van der Waals surface area contributed by atoms with Crippen LogP contribution in [0.5, 0.6) is 0 Å². The number of amides is 2. The maximum absolute atomic E-state index is 13.9. The van der Waals surface area contributed by atoms with Crippen LogP contribution in [-0.4, -0.2) is 59.6 Å². The highest BCUT2D eigenvalue weighted by Gasteiger charge is 2.54. The molecule has 2 aromatic carbocycles. The molecule has 2 amide bonds. The zero-order valence-electron chi connectivity index (χ0n) is 18.0. The summed E-state index contributed by atoms with van der Waals surface area (Å²) in [5.41, 5.74) is 4.22. The van der Waals surface area contributed by atoms with E-state index < -0.39 is 48.9 Å². The van der Waals surface area contributed by atoms with E-state index in [0.29, 0.717) is 0 Å². The fourth-order valence-corrected chi connectivity index (χ4v) is 4.55. The number of ether oxygens (including phenoxy) is 1. The summed E-state index contributed by atoms with van der Waals surface area (Å²) in [6.45, 7) is 0.0677. The average Bonchev–Trinajstić information content (AvgIpc) is 3.29. The molecule has 1 saturated heterocycles. The highest BCUT2D eigenvalue weighted by atomic mass is 19.3. The van der Waals surface area contributed by atoms with Crippen molar-refractivity contribution < 1.29 is 33.0 Å². The molecule has 4 rings (SSSR count). The van der Waals surface area contributed by atoms with Crippen LogP contribution in [0.3, 0.4) is 0 Å². The number of hydrogen-bond acceptors (Lipinski definition) is 4. The number of alkyl halides is 2. The van der Waals surface area contributed by atoms with Gasteiger partial charge >= 0.3 is 12.1 Å². The van der Waals surface area contributed by atoms with Crippen LogP contribution in [-0.2, 0) is 14.3 Å². The van der Waals surface area contributed by atoms with Crippen molar-refractivity contribution in [2.24, 2.45) is 5.92 Å². The number of benzene rings is 2. The number of rotatable bonds is 6. The van der Waals surface area contributed by atoms with Crippen molar-refractivity contribution in [2.75, 3.05) is 19.7 Å². The Balaban J connectivity index is 1.40. The van der Waals surface area contributed by atoms with E-state index >= 15 is 0 Å².